The molecule has 2 N–H and O–H groups in total. The van der Waals surface area contributed by atoms with Gasteiger partial charge >= 0.3 is 0 Å². The summed E-state index contributed by atoms with van der Waals surface area (Å²) < 4.78 is 0. The number of rotatable bonds is 2. The third-order valence-corrected chi connectivity index (χ3v) is 5.00. The fourth-order valence-electron chi connectivity index (χ4n) is 3.76. The van der Waals surface area contributed by atoms with E-state index in [9.17, 15) is 4.79 Å². The summed E-state index contributed by atoms with van der Waals surface area (Å²) in [7, 11) is 0. The first-order valence-electron chi connectivity index (χ1n) is 8.00. The van der Waals surface area contributed by atoms with Gasteiger partial charge in [-0.05, 0) is 49.7 Å². The third kappa shape index (κ3) is 3.04. The molecular weight excluding hydrogens is 248 g/mol. The van der Waals surface area contributed by atoms with Gasteiger partial charge in [-0.3, -0.25) is 4.79 Å². The van der Waals surface area contributed by atoms with Gasteiger partial charge in [-0.25, -0.2) is 0 Å². The number of amides is 1. The number of nitrogens with two attached hydrogens (primary N) is 1. The molecule has 0 bridgehead atoms. The number of likely N-dealkylation sites (tertiary alicyclic amines) is 1. The van der Waals surface area contributed by atoms with Crippen LogP contribution in [0.4, 0.5) is 0 Å². The first kappa shape index (κ1) is 13.6. The van der Waals surface area contributed by atoms with Gasteiger partial charge in [-0.15, -0.1) is 0 Å². The zero-order chi connectivity index (χ0) is 13.8. The van der Waals surface area contributed by atoms with Crippen LogP contribution >= 0.6 is 0 Å². The molecule has 0 radical (unpaired) electrons. The van der Waals surface area contributed by atoms with Gasteiger partial charge in [0.1, 0.15) is 0 Å². The molecule has 2 saturated heterocycles. The Hall–Kier alpha value is -1.35. The largest absolute Gasteiger partial charge is 0.346 e. The van der Waals surface area contributed by atoms with Gasteiger partial charge < -0.3 is 10.2 Å². The SMILES string of the molecule is O=C(c1ccccc1)N1CCC(C2CC[NH2+]CC2)CC1. The van der Waals surface area contributed by atoms with E-state index in [1.54, 1.807) is 0 Å². The maximum Gasteiger partial charge on any atom is 0.253 e. The number of hydrogen-bond donors (Lipinski definition) is 1. The first-order valence-corrected chi connectivity index (χ1v) is 8.00. The van der Waals surface area contributed by atoms with Gasteiger partial charge in [0.25, 0.3) is 5.91 Å². The van der Waals surface area contributed by atoms with E-state index in [1.807, 2.05) is 35.2 Å². The Morgan fingerprint density at radius 3 is 2.20 bits per heavy atom. The Kier molecular flexibility index (Phi) is 4.36. The van der Waals surface area contributed by atoms with Crippen molar-refractivity contribution in [2.24, 2.45) is 11.8 Å². The lowest BCUT2D eigenvalue weighted by atomic mass is 9.79. The lowest BCUT2D eigenvalue weighted by Gasteiger charge is -2.37. The van der Waals surface area contributed by atoms with Crippen molar-refractivity contribution in [3.8, 4) is 0 Å². The highest BCUT2D eigenvalue weighted by Crippen LogP contribution is 2.30. The van der Waals surface area contributed by atoms with Crippen LogP contribution in [0.15, 0.2) is 30.3 Å². The van der Waals surface area contributed by atoms with E-state index in [-0.39, 0.29) is 5.91 Å². The molecule has 1 aromatic rings. The number of carbonyl (C=O) groups is 1. The summed E-state index contributed by atoms with van der Waals surface area (Å²) in [4.78, 5) is 14.4. The van der Waals surface area contributed by atoms with Crippen molar-refractivity contribution in [1.82, 2.24) is 4.90 Å². The molecule has 2 aliphatic heterocycles. The van der Waals surface area contributed by atoms with Crippen LogP contribution in [0.3, 0.4) is 0 Å². The number of quaternary nitrogens is 1. The molecule has 0 aromatic heterocycles. The van der Waals surface area contributed by atoms with E-state index in [1.165, 1.54) is 38.8 Å². The second-order valence-corrected chi connectivity index (χ2v) is 6.20. The van der Waals surface area contributed by atoms with Crippen LogP contribution in [-0.4, -0.2) is 37.0 Å². The Bertz CT molecular complexity index is 432. The topological polar surface area (TPSA) is 36.9 Å². The van der Waals surface area contributed by atoms with E-state index >= 15 is 0 Å². The van der Waals surface area contributed by atoms with E-state index in [2.05, 4.69) is 5.32 Å². The summed E-state index contributed by atoms with van der Waals surface area (Å²) in [5.41, 5.74) is 0.832. The van der Waals surface area contributed by atoms with Gasteiger partial charge in [0, 0.05) is 18.7 Å². The fraction of sp³-hybridized carbons (Fsp3) is 0.588. The van der Waals surface area contributed by atoms with Gasteiger partial charge in [0.15, 0.2) is 0 Å². The Balaban J connectivity index is 1.54. The quantitative estimate of drug-likeness (QED) is 0.871. The average Bonchev–Trinajstić information content (AvgIpc) is 2.56. The van der Waals surface area contributed by atoms with Gasteiger partial charge in [-0.2, -0.15) is 0 Å². The smallest absolute Gasteiger partial charge is 0.253 e. The van der Waals surface area contributed by atoms with Crippen LogP contribution in [-0.2, 0) is 0 Å². The molecule has 2 aliphatic rings. The highest BCUT2D eigenvalue weighted by molar-refractivity contribution is 5.94. The number of hydrogen-bond acceptors (Lipinski definition) is 1. The summed E-state index contributed by atoms with van der Waals surface area (Å²) in [5, 5.41) is 2.44. The molecule has 0 unspecified atom stereocenters. The molecule has 20 heavy (non-hydrogen) atoms. The monoisotopic (exact) mass is 273 g/mol. The van der Waals surface area contributed by atoms with Crippen LogP contribution < -0.4 is 5.32 Å². The van der Waals surface area contributed by atoms with E-state index in [0.717, 1.165) is 30.5 Å². The number of nitrogens with zero attached hydrogens (tertiary/aromatic N) is 1. The molecule has 2 fully saturated rings. The van der Waals surface area contributed by atoms with Crippen molar-refractivity contribution >= 4 is 5.91 Å². The van der Waals surface area contributed by atoms with Crippen molar-refractivity contribution in [2.45, 2.75) is 25.7 Å². The highest BCUT2D eigenvalue weighted by atomic mass is 16.2. The van der Waals surface area contributed by atoms with Crippen molar-refractivity contribution in [3.63, 3.8) is 0 Å². The standard InChI is InChI=1S/C17H24N2O/c20-17(16-4-2-1-3-5-16)19-12-8-15(9-13-19)14-6-10-18-11-7-14/h1-5,14-15,18H,6-13H2/p+1. The zero-order valence-electron chi connectivity index (χ0n) is 12.1. The van der Waals surface area contributed by atoms with E-state index in [4.69, 9.17) is 0 Å². The minimum Gasteiger partial charge on any atom is -0.346 e. The second kappa shape index (κ2) is 6.40. The average molecular weight is 273 g/mol. The van der Waals surface area contributed by atoms with Crippen LogP contribution in [0.5, 0.6) is 0 Å². The molecule has 0 spiro atoms. The van der Waals surface area contributed by atoms with Crippen molar-refractivity contribution in [1.29, 1.82) is 0 Å². The third-order valence-electron chi connectivity index (χ3n) is 5.00. The highest BCUT2D eigenvalue weighted by Gasteiger charge is 2.30. The number of piperidine rings is 2. The molecular formula is C17H25N2O+. The maximum atomic E-state index is 12.4. The van der Waals surface area contributed by atoms with Crippen molar-refractivity contribution < 1.29 is 10.1 Å². The van der Waals surface area contributed by atoms with Gasteiger partial charge in [0.2, 0.25) is 0 Å². The van der Waals surface area contributed by atoms with Crippen LogP contribution in [0.2, 0.25) is 0 Å². The normalized spacial score (nSPS) is 21.9. The molecule has 0 aliphatic carbocycles. The molecule has 108 valence electrons. The Labute approximate surface area is 121 Å². The summed E-state index contributed by atoms with van der Waals surface area (Å²) in [6.45, 7) is 4.48. The summed E-state index contributed by atoms with van der Waals surface area (Å²) >= 11 is 0. The lowest BCUT2D eigenvalue weighted by molar-refractivity contribution is -0.665. The zero-order valence-corrected chi connectivity index (χ0v) is 12.1. The first-order chi connectivity index (χ1) is 9.84. The minimum absolute atomic E-state index is 0.209. The minimum atomic E-state index is 0.209. The predicted octanol–water partition coefficient (Wildman–Crippen LogP) is 1.51. The molecule has 0 saturated carbocycles. The van der Waals surface area contributed by atoms with Crippen LogP contribution in [0.1, 0.15) is 36.0 Å². The number of benzene rings is 1. The second-order valence-electron chi connectivity index (χ2n) is 6.20. The van der Waals surface area contributed by atoms with Crippen molar-refractivity contribution in [2.75, 3.05) is 26.2 Å². The fourth-order valence-corrected chi connectivity index (χ4v) is 3.76. The maximum absolute atomic E-state index is 12.4. The summed E-state index contributed by atoms with van der Waals surface area (Å²) in [6.07, 6.45) is 5.14. The van der Waals surface area contributed by atoms with E-state index < -0.39 is 0 Å². The van der Waals surface area contributed by atoms with Gasteiger partial charge in [0.05, 0.1) is 13.1 Å². The molecule has 2 heterocycles. The molecule has 3 rings (SSSR count). The molecule has 1 aromatic carbocycles. The van der Waals surface area contributed by atoms with Gasteiger partial charge in [-0.1, -0.05) is 18.2 Å². The van der Waals surface area contributed by atoms with Crippen LogP contribution in [0, 0.1) is 11.8 Å². The summed E-state index contributed by atoms with van der Waals surface area (Å²) in [5.74, 6) is 1.97. The van der Waals surface area contributed by atoms with Crippen molar-refractivity contribution in [3.05, 3.63) is 35.9 Å². The molecule has 3 nitrogen and oxygen atoms in total. The van der Waals surface area contributed by atoms with Crippen LogP contribution in [0.25, 0.3) is 0 Å². The lowest BCUT2D eigenvalue weighted by Crippen LogP contribution is -2.86. The predicted molar refractivity (Wildman–Crippen MR) is 79.5 cm³/mol. The Morgan fingerprint density at radius 1 is 0.950 bits per heavy atom. The molecule has 3 heteroatoms. The number of carbonyl (C=O) groups excluding carboxylic acids is 1. The molecule has 1 amide bonds. The van der Waals surface area contributed by atoms with E-state index in [0.29, 0.717) is 0 Å². The Morgan fingerprint density at radius 2 is 1.55 bits per heavy atom. The summed E-state index contributed by atoms with van der Waals surface area (Å²) in [6, 6.07) is 9.69. The molecule has 0 atom stereocenters.